The van der Waals surface area contributed by atoms with Crippen LogP contribution in [0.5, 0.6) is 11.6 Å². The smallest absolute Gasteiger partial charge is 0.261 e. The number of amides is 1. The van der Waals surface area contributed by atoms with Gasteiger partial charge in [0.2, 0.25) is 11.8 Å². The molecule has 1 N–H and O–H groups in total. The highest BCUT2D eigenvalue weighted by atomic mass is 32.2. The summed E-state index contributed by atoms with van der Waals surface area (Å²) in [6, 6.07) is 17.3. The van der Waals surface area contributed by atoms with Crippen LogP contribution in [0.1, 0.15) is 17.5 Å². The normalized spacial score (nSPS) is 14.6. The van der Waals surface area contributed by atoms with Crippen molar-refractivity contribution in [3.8, 4) is 17.4 Å². The second kappa shape index (κ2) is 8.24. The molecule has 6 rings (SSSR count). The number of nitrogens with one attached hydrogen (secondary N) is 1. The van der Waals surface area contributed by atoms with Gasteiger partial charge in [0.05, 0.1) is 10.6 Å². The highest BCUT2D eigenvalue weighted by Crippen LogP contribution is 2.38. The van der Waals surface area contributed by atoms with Gasteiger partial charge in [-0.15, -0.1) is 10.2 Å². The summed E-state index contributed by atoms with van der Waals surface area (Å²) >= 11 is 0. The first-order valence-corrected chi connectivity index (χ1v) is 12.7. The molecule has 0 fully saturated rings. The Labute approximate surface area is 202 Å². The minimum absolute atomic E-state index is 0.107. The molecule has 0 unspecified atom stereocenters. The molecule has 4 heterocycles. The molecule has 0 aliphatic carbocycles. The number of rotatable bonds is 6. The van der Waals surface area contributed by atoms with Gasteiger partial charge in [-0.25, -0.2) is 8.42 Å². The van der Waals surface area contributed by atoms with E-state index in [2.05, 4.69) is 14.9 Å². The van der Waals surface area contributed by atoms with Gasteiger partial charge in [0.1, 0.15) is 5.75 Å². The number of hydrogen-bond donors (Lipinski definition) is 1. The number of aromatic nitrogens is 3. The van der Waals surface area contributed by atoms with Crippen LogP contribution in [0.15, 0.2) is 78.0 Å². The monoisotopic (exact) mass is 487 g/mol. The lowest BCUT2D eigenvalue weighted by atomic mass is 10.00. The van der Waals surface area contributed by atoms with Crippen LogP contribution in [0.2, 0.25) is 0 Å². The van der Waals surface area contributed by atoms with Crippen LogP contribution in [0.3, 0.4) is 0 Å². The van der Waals surface area contributed by atoms with Crippen molar-refractivity contribution >= 4 is 27.3 Å². The SMILES string of the molecule is O=C1CCc2cc(S(=O)(=O)Nc3ccc(Oc4ccc(-n5cccc5)nn4)cc3)cc3c2N1CC3. The standard InChI is InChI=1S/C25H21N5O4S/c31-24-10-3-17-15-21(16-18-11-14-30(24)25(17)18)35(32,33)28-19-4-6-20(7-5-19)34-23-9-8-22(26-27-23)29-12-1-2-13-29/h1-2,4-9,12-13,15-16,28H,3,10-11,14H2. The maximum atomic E-state index is 13.1. The van der Waals surface area contributed by atoms with Gasteiger partial charge >= 0.3 is 0 Å². The molecule has 0 bridgehead atoms. The van der Waals surface area contributed by atoms with Crippen molar-refractivity contribution < 1.29 is 17.9 Å². The summed E-state index contributed by atoms with van der Waals surface area (Å²) in [4.78, 5) is 14.1. The second-order valence-electron chi connectivity index (χ2n) is 8.44. The molecule has 2 aromatic carbocycles. The van der Waals surface area contributed by atoms with Crippen molar-refractivity contribution in [3.63, 3.8) is 0 Å². The van der Waals surface area contributed by atoms with Crippen LogP contribution in [-0.4, -0.2) is 35.6 Å². The number of aryl methyl sites for hydroxylation is 1. The second-order valence-corrected chi connectivity index (χ2v) is 10.1. The summed E-state index contributed by atoms with van der Waals surface area (Å²) < 4.78 is 36.4. The van der Waals surface area contributed by atoms with Crippen LogP contribution in [0, 0.1) is 0 Å². The van der Waals surface area contributed by atoms with Gasteiger partial charge in [-0.1, -0.05) is 0 Å². The number of ether oxygens (including phenoxy) is 1. The molecule has 4 aromatic rings. The van der Waals surface area contributed by atoms with Crippen LogP contribution in [0.4, 0.5) is 11.4 Å². The Bertz CT molecular complexity index is 1520. The molecule has 0 atom stereocenters. The quantitative estimate of drug-likeness (QED) is 0.445. The zero-order valence-corrected chi connectivity index (χ0v) is 19.4. The Hall–Kier alpha value is -4.18. The van der Waals surface area contributed by atoms with E-state index in [1.54, 1.807) is 53.4 Å². The first-order valence-electron chi connectivity index (χ1n) is 11.2. The number of carbonyl (C=O) groups excluding carboxylic acids is 1. The number of anilines is 2. The zero-order chi connectivity index (χ0) is 24.0. The van der Waals surface area contributed by atoms with Gasteiger partial charge in [-0.3, -0.25) is 9.52 Å². The summed E-state index contributed by atoms with van der Waals surface area (Å²) in [6.07, 6.45) is 5.38. The first kappa shape index (κ1) is 21.4. The van der Waals surface area contributed by atoms with Gasteiger partial charge in [0.15, 0.2) is 5.82 Å². The lowest BCUT2D eigenvalue weighted by Gasteiger charge is -2.25. The highest BCUT2D eigenvalue weighted by molar-refractivity contribution is 7.92. The summed E-state index contributed by atoms with van der Waals surface area (Å²) in [6.45, 7) is 0.610. The first-order chi connectivity index (χ1) is 17.0. The average molecular weight is 488 g/mol. The van der Waals surface area contributed by atoms with Crippen molar-refractivity contribution in [1.82, 2.24) is 14.8 Å². The van der Waals surface area contributed by atoms with Crippen LogP contribution in [0.25, 0.3) is 5.82 Å². The predicted molar refractivity (Wildman–Crippen MR) is 130 cm³/mol. The largest absolute Gasteiger partial charge is 0.438 e. The van der Waals surface area contributed by atoms with Gasteiger partial charge in [-0.2, -0.15) is 0 Å². The van der Waals surface area contributed by atoms with E-state index in [-0.39, 0.29) is 10.8 Å². The molecular formula is C25H21N5O4S. The summed E-state index contributed by atoms with van der Waals surface area (Å²) in [5.41, 5.74) is 3.12. The third-order valence-electron chi connectivity index (χ3n) is 6.16. The number of benzene rings is 2. The highest BCUT2D eigenvalue weighted by Gasteiger charge is 2.32. The van der Waals surface area contributed by atoms with E-state index in [0.717, 1.165) is 16.8 Å². The molecular weight excluding hydrogens is 466 g/mol. The van der Waals surface area contributed by atoms with Crippen molar-refractivity contribution in [3.05, 3.63) is 84.2 Å². The Balaban J connectivity index is 1.17. The molecule has 0 radical (unpaired) electrons. The fraction of sp³-hybridized carbons (Fsp3) is 0.160. The van der Waals surface area contributed by atoms with Gasteiger partial charge in [0, 0.05) is 37.1 Å². The summed E-state index contributed by atoms with van der Waals surface area (Å²) in [7, 11) is -3.79. The van der Waals surface area contributed by atoms with Gasteiger partial charge in [0.25, 0.3) is 10.0 Å². The van der Waals surface area contributed by atoms with Crippen LogP contribution < -0.4 is 14.4 Å². The molecule has 9 nitrogen and oxygen atoms in total. The minimum atomic E-state index is -3.79. The van der Waals surface area contributed by atoms with E-state index < -0.39 is 10.0 Å². The summed E-state index contributed by atoms with van der Waals surface area (Å²) in [5.74, 6) is 1.61. The Morgan fingerprint density at radius 2 is 1.63 bits per heavy atom. The maximum Gasteiger partial charge on any atom is 0.261 e. The fourth-order valence-electron chi connectivity index (χ4n) is 4.50. The molecule has 2 aliphatic heterocycles. The van der Waals surface area contributed by atoms with Crippen molar-refractivity contribution in [1.29, 1.82) is 0 Å². The molecule has 35 heavy (non-hydrogen) atoms. The third kappa shape index (κ3) is 4.01. The molecule has 0 spiro atoms. The summed E-state index contributed by atoms with van der Waals surface area (Å²) in [5, 5.41) is 8.23. The number of nitrogens with zero attached hydrogens (tertiary/aromatic N) is 4. The molecule has 176 valence electrons. The number of hydrogen-bond acceptors (Lipinski definition) is 6. The van der Waals surface area contributed by atoms with E-state index in [1.807, 2.05) is 29.1 Å². The lowest BCUT2D eigenvalue weighted by molar-refractivity contribution is -0.118. The van der Waals surface area contributed by atoms with E-state index in [9.17, 15) is 13.2 Å². The van der Waals surface area contributed by atoms with Crippen LogP contribution in [-0.2, 0) is 27.7 Å². The molecule has 0 saturated heterocycles. The number of carbonyl (C=O) groups is 1. The Morgan fingerprint density at radius 1 is 0.886 bits per heavy atom. The van der Waals surface area contributed by atoms with Crippen molar-refractivity contribution in [2.75, 3.05) is 16.2 Å². The van der Waals surface area contributed by atoms with E-state index in [0.29, 0.717) is 48.9 Å². The van der Waals surface area contributed by atoms with Crippen LogP contribution >= 0.6 is 0 Å². The fourth-order valence-corrected chi connectivity index (χ4v) is 5.66. The number of sulfonamides is 1. The van der Waals surface area contributed by atoms with E-state index in [4.69, 9.17) is 4.74 Å². The molecule has 10 heteroatoms. The predicted octanol–water partition coefficient (Wildman–Crippen LogP) is 3.70. The molecule has 1 amide bonds. The molecule has 2 aromatic heterocycles. The van der Waals surface area contributed by atoms with E-state index >= 15 is 0 Å². The van der Waals surface area contributed by atoms with Crippen molar-refractivity contribution in [2.24, 2.45) is 0 Å². The lowest BCUT2D eigenvalue weighted by Crippen LogP contribution is -2.33. The maximum absolute atomic E-state index is 13.1. The van der Waals surface area contributed by atoms with Gasteiger partial charge in [-0.05, 0) is 78.6 Å². The minimum Gasteiger partial charge on any atom is -0.438 e. The average Bonchev–Trinajstić information content (AvgIpc) is 3.54. The molecule has 0 saturated carbocycles. The Kier molecular flexibility index (Phi) is 5.03. The third-order valence-corrected chi connectivity index (χ3v) is 7.52. The van der Waals surface area contributed by atoms with Gasteiger partial charge < -0.3 is 14.2 Å². The molecule has 2 aliphatic rings. The topological polar surface area (TPSA) is 106 Å². The zero-order valence-electron chi connectivity index (χ0n) is 18.6. The van der Waals surface area contributed by atoms with Crippen molar-refractivity contribution in [2.45, 2.75) is 24.2 Å². The Morgan fingerprint density at radius 3 is 2.34 bits per heavy atom. The van der Waals surface area contributed by atoms with E-state index in [1.165, 1.54) is 0 Å².